The minimum absolute atomic E-state index is 0.0259. The minimum atomic E-state index is -2.88. The van der Waals surface area contributed by atoms with Gasteiger partial charge in [0.1, 0.15) is 5.75 Å². The first-order chi connectivity index (χ1) is 19.7. The Morgan fingerprint density at radius 1 is 1.07 bits per heavy atom. The molecule has 2 amide bonds. The minimum Gasteiger partial charge on any atom is -0.435 e. The van der Waals surface area contributed by atoms with Crippen molar-refractivity contribution < 1.29 is 23.1 Å². The molecule has 0 atom stereocenters. The lowest BCUT2D eigenvalue weighted by Gasteiger charge is -2.33. The van der Waals surface area contributed by atoms with Crippen molar-refractivity contribution in [2.45, 2.75) is 13.5 Å². The van der Waals surface area contributed by atoms with Crippen LogP contribution in [0, 0.1) is 6.92 Å². The van der Waals surface area contributed by atoms with Crippen LogP contribution in [0.15, 0.2) is 61.1 Å². The number of carbonyl (C=O) groups excluding carboxylic acids is 2. The maximum absolute atomic E-state index is 13.1. The zero-order valence-electron chi connectivity index (χ0n) is 23.1. The van der Waals surface area contributed by atoms with Gasteiger partial charge in [-0.1, -0.05) is 0 Å². The van der Waals surface area contributed by atoms with Crippen LogP contribution in [0.4, 0.5) is 20.3 Å². The molecule has 4 aromatic rings. The molecule has 0 saturated carbocycles. The van der Waals surface area contributed by atoms with Gasteiger partial charge in [-0.15, -0.1) is 0 Å². The Morgan fingerprint density at radius 2 is 1.80 bits per heavy atom. The quantitative estimate of drug-likeness (QED) is 0.348. The average Bonchev–Trinajstić information content (AvgIpc) is 3.38. The number of rotatable bonds is 8. The van der Waals surface area contributed by atoms with Gasteiger partial charge in [-0.25, -0.2) is 9.97 Å². The summed E-state index contributed by atoms with van der Waals surface area (Å²) in [4.78, 5) is 40.2. The molecule has 1 N–H and O–H groups in total. The van der Waals surface area contributed by atoms with Gasteiger partial charge in [-0.05, 0) is 62.0 Å². The predicted octanol–water partition coefficient (Wildman–Crippen LogP) is 3.90. The van der Waals surface area contributed by atoms with E-state index in [9.17, 15) is 18.4 Å². The number of likely N-dealkylation sites (N-methyl/N-ethyl adjacent to an activating group) is 2. The molecule has 5 rings (SSSR count). The maximum atomic E-state index is 13.1. The fraction of sp³-hybridized carbons (Fsp3) is 0.310. The number of hydrogen-bond acceptors (Lipinski definition) is 7. The van der Waals surface area contributed by atoms with Crippen LogP contribution >= 0.6 is 0 Å². The summed E-state index contributed by atoms with van der Waals surface area (Å²) in [5.74, 6) is 0.302. The Morgan fingerprint density at radius 3 is 2.49 bits per heavy atom. The average molecular weight is 564 g/mol. The lowest BCUT2D eigenvalue weighted by atomic mass is 10.1. The number of carbonyl (C=O) groups is 2. The molecule has 2 aromatic carbocycles. The standard InChI is InChI=1S/C29H31F2N7O3/c1-19-16-21(6-9-23(19)28(40)36(3)18-25(39)37-14-12-35(2)13-15-37)34-26-27-33-17-24(38(27)11-10-32-26)20-4-7-22(8-5-20)41-29(30)31/h4-11,16-17,29H,12-15,18H2,1-3H3,(H,32,34). The van der Waals surface area contributed by atoms with Crippen molar-refractivity contribution in [2.24, 2.45) is 0 Å². The number of amides is 2. The highest BCUT2D eigenvalue weighted by atomic mass is 19.3. The van der Waals surface area contributed by atoms with Gasteiger partial charge in [-0.3, -0.25) is 14.0 Å². The zero-order chi connectivity index (χ0) is 29.1. The van der Waals surface area contributed by atoms with Gasteiger partial charge in [0.2, 0.25) is 5.91 Å². The summed E-state index contributed by atoms with van der Waals surface area (Å²) in [6, 6.07) is 11.7. The van der Waals surface area contributed by atoms with Gasteiger partial charge < -0.3 is 24.8 Å². The van der Waals surface area contributed by atoms with Crippen LogP contribution in [0.2, 0.25) is 0 Å². The molecule has 0 unspecified atom stereocenters. The lowest BCUT2D eigenvalue weighted by Crippen LogP contribution is -2.50. The Kier molecular flexibility index (Phi) is 8.11. The van der Waals surface area contributed by atoms with Crippen molar-refractivity contribution in [1.82, 2.24) is 29.1 Å². The molecular formula is C29H31F2N7O3. The predicted molar refractivity (Wildman–Crippen MR) is 151 cm³/mol. The summed E-state index contributed by atoms with van der Waals surface area (Å²) in [6.07, 6.45) is 5.07. The van der Waals surface area contributed by atoms with Gasteiger partial charge in [0.25, 0.3) is 5.91 Å². The van der Waals surface area contributed by atoms with E-state index in [-0.39, 0.29) is 24.1 Å². The van der Waals surface area contributed by atoms with Crippen LogP contribution in [-0.4, -0.2) is 94.3 Å². The molecule has 12 heteroatoms. The van der Waals surface area contributed by atoms with Gasteiger partial charge in [-0.2, -0.15) is 8.78 Å². The largest absolute Gasteiger partial charge is 0.435 e. The second-order valence-electron chi connectivity index (χ2n) is 10.0. The van der Waals surface area contributed by atoms with E-state index in [1.165, 1.54) is 17.0 Å². The first-order valence-corrected chi connectivity index (χ1v) is 13.2. The van der Waals surface area contributed by atoms with Crippen LogP contribution in [-0.2, 0) is 4.79 Å². The Hall–Kier alpha value is -4.58. The molecule has 1 fully saturated rings. The van der Waals surface area contributed by atoms with Crippen LogP contribution < -0.4 is 10.1 Å². The zero-order valence-corrected chi connectivity index (χ0v) is 23.1. The van der Waals surface area contributed by atoms with Gasteiger partial charge in [0.05, 0.1) is 18.4 Å². The third kappa shape index (κ3) is 6.27. The summed E-state index contributed by atoms with van der Waals surface area (Å²) in [5, 5.41) is 3.27. The molecular weight excluding hydrogens is 532 g/mol. The monoisotopic (exact) mass is 563 g/mol. The van der Waals surface area contributed by atoms with Crippen LogP contribution in [0.25, 0.3) is 16.9 Å². The Labute approximate surface area is 236 Å². The second kappa shape index (κ2) is 11.9. The number of anilines is 2. The molecule has 1 aliphatic rings. The highest BCUT2D eigenvalue weighted by Crippen LogP contribution is 2.28. The number of alkyl halides is 2. The second-order valence-corrected chi connectivity index (χ2v) is 10.0. The molecule has 1 saturated heterocycles. The van der Waals surface area contributed by atoms with Crippen molar-refractivity contribution in [3.8, 4) is 17.0 Å². The fourth-order valence-electron chi connectivity index (χ4n) is 4.78. The number of fused-ring (bicyclic) bond motifs is 1. The number of nitrogens with zero attached hydrogens (tertiary/aromatic N) is 6. The molecule has 0 bridgehead atoms. The van der Waals surface area contributed by atoms with E-state index >= 15 is 0 Å². The molecule has 41 heavy (non-hydrogen) atoms. The van der Waals surface area contributed by atoms with Gasteiger partial charge in [0.15, 0.2) is 11.5 Å². The number of piperazine rings is 1. The lowest BCUT2D eigenvalue weighted by molar-refractivity contribution is -0.133. The molecule has 0 radical (unpaired) electrons. The summed E-state index contributed by atoms with van der Waals surface area (Å²) < 4.78 is 31.2. The number of halogens is 2. The van der Waals surface area contributed by atoms with Gasteiger partial charge >= 0.3 is 6.61 Å². The molecule has 10 nitrogen and oxygen atoms in total. The van der Waals surface area contributed by atoms with Gasteiger partial charge in [0, 0.05) is 62.4 Å². The highest BCUT2D eigenvalue weighted by molar-refractivity contribution is 5.98. The number of benzene rings is 2. The topological polar surface area (TPSA) is 95.3 Å². The van der Waals surface area contributed by atoms with Crippen molar-refractivity contribution >= 4 is 29.0 Å². The summed E-state index contributed by atoms with van der Waals surface area (Å²) in [6.45, 7) is 1.97. The molecule has 0 aliphatic carbocycles. The van der Waals surface area contributed by atoms with E-state index in [0.29, 0.717) is 35.8 Å². The van der Waals surface area contributed by atoms with Crippen molar-refractivity contribution in [1.29, 1.82) is 0 Å². The summed E-state index contributed by atoms with van der Waals surface area (Å²) >= 11 is 0. The van der Waals surface area contributed by atoms with E-state index in [1.54, 1.807) is 54.8 Å². The van der Waals surface area contributed by atoms with E-state index < -0.39 is 6.61 Å². The number of imidazole rings is 1. The number of hydrogen-bond donors (Lipinski definition) is 1. The SMILES string of the molecule is Cc1cc(Nc2nccn3c(-c4ccc(OC(F)F)cc4)cnc23)ccc1C(=O)N(C)CC(=O)N1CCN(C)CC1. The molecule has 1 aliphatic heterocycles. The van der Waals surface area contributed by atoms with E-state index in [2.05, 4.69) is 24.9 Å². The number of nitrogens with one attached hydrogen (secondary N) is 1. The summed E-state index contributed by atoms with van der Waals surface area (Å²) in [5.41, 5.74) is 4.06. The Balaban J connectivity index is 1.28. The number of aryl methyl sites for hydroxylation is 1. The fourth-order valence-corrected chi connectivity index (χ4v) is 4.78. The van der Waals surface area contributed by atoms with Crippen LogP contribution in [0.1, 0.15) is 15.9 Å². The highest BCUT2D eigenvalue weighted by Gasteiger charge is 2.23. The number of aromatic nitrogens is 3. The van der Waals surface area contributed by atoms with Crippen LogP contribution in [0.3, 0.4) is 0 Å². The summed E-state index contributed by atoms with van der Waals surface area (Å²) in [7, 11) is 3.67. The van der Waals surface area contributed by atoms with Crippen molar-refractivity contribution in [3.05, 3.63) is 72.2 Å². The van der Waals surface area contributed by atoms with Crippen LogP contribution in [0.5, 0.6) is 5.75 Å². The smallest absolute Gasteiger partial charge is 0.387 e. The van der Waals surface area contributed by atoms with E-state index in [1.807, 2.05) is 24.4 Å². The number of ether oxygens (including phenoxy) is 1. The van der Waals surface area contributed by atoms with E-state index in [0.717, 1.165) is 29.9 Å². The van der Waals surface area contributed by atoms with Crippen molar-refractivity contribution in [2.75, 3.05) is 52.1 Å². The molecule has 2 aromatic heterocycles. The molecule has 3 heterocycles. The third-order valence-corrected chi connectivity index (χ3v) is 7.10. The first kappa shape index (κ1) is 28.0. The maximum Gasteiger partial charge on any atom is 0.387 e. The van der Waals surface area contributed by atoms with E-state index in [4.69, 9.17) is 0 Å². The normalized spacial score (nSPS) is 14.0. The van der Waals surface area contributed by atoms with Crippen molar-refractivity contribution in [3.63, 3.8) is 0 Å². The molecule has 214 valence electrons. The third-order valence-electron chi connectivity index (χ3n) is 7.10. The Bertz CT molecular complexity index is 1550. The molecule has 0 spiro atoms. The first-order valence-electron chi connectivity index (χ1n) is 13.2.